The summed E-state index contributed by atoms with van der Waals surface area (Å²) >= 11 is 25.1. The van der Waals surface area contributed by atoms with Crippen LogP contribution in [0.2, 0.25) is 20.1 Å². The van der Waals surface area contributed by atoms with Crippen LogP contribution < -0.4 is 5.32 Å². The zero-order valence-electron chi connectivity index (χ0n) is 10.5. The average Bonchev–Trinajstić information content (AvgIpc) is 2.40. The molecule has 7 heteroatoms. The summed E-state index contributed by atoms with van der Waals surface area (Å²) in [5.41, 5.74) is 0.361. The first-order chi connectivity index (χ1) is 9.95. The van der Waals surface area contributed by atoms with Gasteiger partial charge >= 0.3 is 0 Å². The summed E-state index contributed by atoms with van der Waals surface area (Å²) in [6.07, 6.45) is 0. The molecule has 0 radical (unpaired) electrons. The number of thioether (sulfide) groups is 1. The summed E-state index contributed by atoms with van der Waals surface area (Å²) in [4.78, 5) is 12.9. The van der Waals surface area contributed by atoms with Crippen molar-refractivity contribution in [2.45, 2.75) is 4.90 Å². The van der Waals surface area contributed by atoms with Gasteiger partial charge in [-0.3, -0.25) is 4.79 Å². The number of nitrogens with one attached hydrogen (secondary N) is 1. The van der Waals surface area contributed by atoms with Crippen molar-refractivity contribution in [2.24, 2.45) is 0 Å². The predicted molar refractivity (Wildman–Crippen MR) is 92.3 cm³/mol. The molecule has 0 saturated heterocycles. The molecule has 0 aliphatic heterocycles. The van der Waals surface area contributed by atoms with Crippen LogP contribution in [0.4, 0.5) is 5.69 Å². The molecule has 2 aromatic carbocycles. The van der Waals surface area contributed by atoms with E-state index >= 15 is 0 Å². The molecule has 1 amide bonds. The minimum Gasteiger partial charge on any atom is -0.323 e. The van der Waals surface area contributed by atoms with E-state index in [9.17, 15) is 4.79 Å². The van der Waals surface area contributed by atoms with Crippen LogP contribution in [0.5, 0.6) is 0 Å². The molecular weight excluding hydrogens is 372 g/mol. The third-order valence-corrected chi connectivity index (χ3v) is 4.48. The van der Waals surface area contributed by atoms with E-state index in [1.807, 2.05) is 12.1 Å². The van der Waals surface area contributed by atoms with Gasteiger partial charge in [-0.05, 0) is 30.3 Å². The number of carbonyl (C=O) groups is 1. The van der Waals surface area contributed by atoms with Gasteiger partial charge in [0.15, 0.2) is 0 Å². The van der Waals surface area contributed by atoms with Crippen LogP contribution in [0.1, 0.15) is 0 Å². The molecule has 0 aromatic heterocycles. The van der Waals surface area contributed by atoms with Crippen molar-refractivity contribution in [2.75, 3.05) is 11.1 Å². The zero-order chi connectivity index (χ0) is 15.4. The van der Waals surface area contributed by atoms with Crippen LogP contribution in [-0.2, 0) is 4.79 Å². The largest absolute Gasteiger partial charge is 0.323 e. The minimum absolute atomic E-state index is 0.217. The van der Waals surface area contributed by atoms with Crippen LogP contribution in [0, 0.1) is 0 Å². The highest BCUT2D eigenvalue weighted by Crippen LogP contribution is 2.33. The normalized spacial score (nSPS) is 10.5. The van der Waals surface area contributed by atoms with Gasteiger partial charge in [-0.25, -0.2) is 0 Å². The van der Waals surface area contributed by atoms with Crippen molar-refractivity contribution in [3.8, 4) is 0 Å². The summed E-state index contributed by atoms with van der Waals surface area (Å²) in [6.45, 7) is 0. The second-order valence-electron chi connectivity index (χ2n) is 4.04. The molecule has 0 saturated carbocycles. The molecule has 0 heterocycles. The number of rotatable bonds is 4. The van der Waals surface area contributed by atoms with Crippen LogP contribution in [0.25, 0.3) is 0 Å². The summed E-state index contributed by atoms with van der Waals surface area (Å²) in [5.74, 6) is 0.00131. The lowest BCUT2D eigenvalue weighted by molar-refractivity contribution is -0.113. The van der Waals surface area contributed by atoms with Gasteiger partial charge in [-0.2, -0.15) is 0 Å². The van der Waals surface area contributed by atoms with Gasteiger partial charge in [0.25, 0.3) is 0 Å². The molecule has 0 unspecified atom stereocenters. The summed E-state index contributed by atoms with van der Waals surface area (Å²) in [7, 11) is 0. The van der Waals surface area contributed by atoms with Crippen molar-refractivity contribution < 1.29 is 4.79 Å². The van der Waals surface area contributed by atoms with Crippen molar-refractivity contribution in [1.29, 1.82) is 0 Å². The first-order valence-electron chi connectivity index (χ1n) is 5.78. The Balaban J connectivity index is 1.99. The highest BCUT2D eigenvalue weighted by molar-refractivity contribution is 8.00. The third-order valence-electron chi connectivity index (χ3n) is 2.44. The zero-order valence-corrected chi connectivity index (χ0v) is 14.3. The lowest BCUT2D eigenvalue weighted by Crippen LogP contribution is -2.14. The number of benzene rings is 2. The van der Waals surface area contributed by atoms with Crippen molar-refractivity contribution in [1.82, 2.24) is 0 Å². The van der Waals surface area contributed by atoms with Gasteiger partial charge in [0.2, 0.25) is 5.91 Å². The van der Waals surface area contributed by atoms with Crippen molar-refractivity contribution in [3.63, 3.8) is 0 Å². The van der Waals surface area contributed by atoms with Gasteiger partial charge in [-0.15, -0.1) is 11.8 Å². The average molecular weight is 381 g/mol. The number of carbonyl (C=O) groups excluding carboxylic acids is 1. The van der Waals surface area contributed by atoms with Crippen LogP contribution in [0.3, 0.4) is 0 Å². The Morgan fingerprint density at radius 1 is 1.00 bits per heavy atom. The second-order valence-corrected chi connectivity index (χ2v) is 6.77. The fraction of sp³-hybridized carbons (Fsp3) is 0.0714. The molecular formula is C14H9Cl4NOS. The highest BCUT2D eigenvalue weighted by Gasteiger charge is 2.11. The molecule has 0 aliphatic rings. The molecule has 0 fully saturated rings. The van der Waals surface area contributed by atoms with Gasteiger partial charge in [0.1, 0.15) is 0 Å². The van der Waals surface area contributed by atoms with E-state index in [-0.39, 0.29) is 11.7 Å². The summed E-state index contributed by atoms with van der Waals surface area (Å²) < 4.78 is 0. The molecule has 2 rings (SSSR count). The number of halogens is 4. The fourth-order valence-corrected chi connectivity index (χ4v) is 3.46. The quantitative estimate of drug-likeness (QED) is 0.656. The molecule has 2 nitrogen and oxygen atoms in total. The monoisotopic (exact) mass is 379 g/mol. The number of amides is 1. The molecule has 0 aliphatic carbocycles. The molecule has 0 atom stereocenters. The van der Waals surface area contributed by atoms with E-state index in [2.05, 4.69) is 5.32 Å². The van der Waals surface area contributed by atoms with Crippen LogP contribution in [0.15, 0.2) is 41.3 Å². The highest BCUT2D eigenvalue weighted by atomic mass is 35.5. The Kier molecular flexibility index (Phi) is 6.08. The van der Waals surface area contributed by atoms with Crippen LogP contribution in [-0.4, -0.2) is 11.7 Å². The van der Waals surface area contributed by atoms with Crippen molar-refractivity contribution in [3.05, 3.63) is 56.5 Å². The van der Waals surface area contributed by atoms with Gasteiger partial charge in [0, 0.05) is 14.9 Å². The number of anilines is 1. The Morgan fingerprint density at radius 2 is 1.67 bits per heavy atom. The number of hydrogen-bond donors (Lipinski definition) is 1. The summed E-state index contributed by atoms with van der Waals surface area (Å²) in [5, 5.41) is 4.32. The predicted octanol–water partition coefficient (Wildman–Crippen LogP) is 6.03. The van der Waals surface area contributed by atoms with Gasteiger partial charge in [0.05, 0.1) is 21.5 Å². The molecule has 110 valence electrons. The molecule has 0 bridgehead atoms. The lowest BCUT2D eigenvalue weighted by Gasteiger charge is -2.09. The fourth-order valence-electron chi connectivity index (χ4n) is 1.54. The SMILES string of the molecule is O=C(CSc1cccc(Cl)c1)Nc1c(Cl)cc(Cl)cc1Cl. The van der Waals surface area contributed by atoms with Crippen molar-refractivity contribution >= 4 is 69.8 Å². The van der Waals surface area contributed by atoms with E-state index < -0.39 is 0 Å². The molecule has 2 aromatic rings. The Morgan fingerprint density at radius 3 is 2.29 bits per heavy atom. The first kappa shape index (κ1) is 16.8. The minimum atomic E-state index is -0.217. The smallest absolute Gasteiger partial charge is 0.234 e. The molecule has 1 N–H and O–H groups in total. The number of hydrogen-bond acceptors (Lipinski definition) is 2. The van der Waals surface area contributed by atoms with E-state index in [0.717, 1.165) is 4.90 Å². The topological polar surface area (TPSA) is 29.1 Å². The maximum atomic E-state index is 11.9. The third kappa shape index (κ3) is 4.97. The molecule has 0 spiro atoms. The van der Waals surface area contributed by atoms with Gasteiger partial charge in [-0.1, -0.05) is 52.5 Å². The Bertz CT molecular complexity index is 655. The van der Waals surface area contributed by atoms with Crippen LogP contribution >= 0.6 is 58.2 Å². The maximum Gasteiger partial charge on any atom is 0.234 e. The lowest BCUT2D eigenvalue weighted by atomic mass is 10.3. The van der Waals surface area contributed by atoms with E-state index in [1.165, 1.54) is 23.9 Å². The second kappa shape index (κ2) is 7.61. The maximum absolute atomic E-state index is 11.9. The standard InChI is InChI=1S/C14H9Cl4NOS/c15-8-2-1-3-10(4-8)21-7-13(20)19-14-11(17)5-9(16)6-12(14)18/h1-6H,7H2,(H,19,20). The Labute approximate surface area is 146 Å². The molecule has 21 heavy (non-hydrogen) atoms. The summed E-state index contributed by atoms with van der Waals surface area (Å²) in [6, 6.07) is 10.3. The van der Waals surface area contributed by atoms with E-state index in [1.54, 1.807) is 12.1 Å². The Hall–Kier alpha value is -0.580. The first-order valence-corrected chi connectivity index (χ1v) is 8.28. The van der Waals surface area contributed by atoms with E-state index in [0.29, 0.717) is 25.8 Å². The van der Waals surface area contributed by atoms with Gasteiger partial charge < -0.3 is 5.32 Å². The van der Waals surface area contributed by atoms with E-state index in [4.69, 9.17) is 46.4 Å².